The van der Waals surface area contributed by atoms with Crippen LogP contribution in [0, 0.1) is 33.4 Å². The molecule has 2 N–H and O–H groups in total. The predicted molar refractivity (Wildman–Crippen MR) is 88.0 cm³/mol. The van der Waals surface area contributed by atoms with E-state index in [4.69, 9.17) is 0 Å². The molecule has 11 heteroatoms. The number of nitrogens with one attached hydrogen (secondary N) is 2. The summed E-state index contributed by atoms with van der Waals surface area (Å²) >= 11 is 0. The van der Waals surface area contributed by atoms with Crippen molar-refractivity contribution >= 4 is 28.7 Å². The maximum atomic E-state index is 13.8. The van der Waals surface area contributed by atoms with E-state index in [1.807, 2.05) is 0 Å². The maximum Gasteiger partial charge on any atom is 0.353 e. The van der Waals surface area contributed by atoms with Crippen LogP contribution in [0.15, 0.2) is 42.7 Å². The smallest absolute Gasteiger partial charge is 0.332 e. The fourth-order valence-electron chi connectivity index (χ4n) is 2.18. The average Bonchev–Trinajstić information content (AvgIpc) is 2.61. The molecule has 0 amide bonds. The molecule has 0 aliphatic rings. The van der Waals surface area contributed by atoms with Gasteiger partial charge in [-0.25, -0.2) is 27.5 Å². The van der Waals surface area contributed by atoms with Crippen LogP contribution in [0.25, 0.3) is 0 Å². The van der Waals surface area contributed by atoms with Gasteiger partial charge in [0, 0.05) is 12.1 Å². The van der Waals surface area contributed by atoms with Crippen LogP contribution < -0.4 is 10.6 Å². The summed E-state index contributed by atoms with van der Waals surface area (Å²) in [6.07, 6.45) is 0.881. The summed E-state index contributed by atoms with van der Waals surface area (Å²) in [5.41, 5.74) is -1.58. The first-order chi connectivity index (χ1) is 12.8. The Morgan fingerprint density at radius 3 is 1.67 bits per heavy atom. The van der Waals surface area contributed by atoms with E-state index in [-0.39, 0.29) is 0 Å². The highest BCUT2D eigenvalue weighted by atomic mass is 19.1. The SMILES string of the molecule is O=[N+]([O-])c1c(Nc2cc(F)ccc2F)ncnc1Nc1cc(F)ccc1F. The second-order valence-corrected chi connectivity index (χ2v) is 5.17. The van der Waals surface area contributed by atoms with E-state index in [0.717, 1.165) is 42.7 Å². The highest BCUT2D eigenvalue weighted by Crippen LogP contribution is 2.34. The first-order valence-corrected chi connectivity index (χ1v) is 7.28. The van der Waals surface area contributed by atoms with Crippen LogP contribution in [0.5, 0.6) is 0 Å². The van der Waals surface area contributed by atoms with Gasteiger partial charge in [0.25, 0.3) is 0 Å². The molecule has 1 heterocycles. The molecule has 1 aromatic heterocycles. The van der Waals surface area contributed by atoms with Gasteiger partial charge < -0.3 is 10.6 Å². The summed E-state index contributed by atoms with van der Waals surface area (Å²) in [6, 6.07) is 4.95. The third kappa shape index (κ3) is 3.92. The Morgan fingerprint density at radius 1 is 0.815 bits per heavy atom. The number of nitrogens with zero attached hydrogens (tertiary/aromatic N) is 3. The van der Waals surface area contributed by atoms with Crippen LogP contribution in [-0.4, -0.2) is 14.9 Å². The van der Waals surface area contributed by atoms with Crippen molar-refractivity contribution < 1.29 is 22.5 Å². The van der Waals surface area contributed by atoms with Gasteiger partial charge in [0.2, 0.25) is 11.6 Å². The van der Waals surface area contributed by atoms with Gasteiger partial charge in [-0.1, -0.05) is 0 Å². The lowest BCUT2D eigenvalue weighted by Crippen LogP contribution is -2.07. The first kappa shape index (κ1) is 18.0. The lowest BCUT2D eigenvalue weighted by molar-refractivity contribution is -0.383. The van der Waals surface area contributed by atoms with Crippen LogP contribution in [0.4, 0.5) is 46.3 Å². The number of aromatic nitrogens is 2. The third-order valence-corrected chi connectivity index (χ3v) is 3.37. The van der Waals surface area contributed by atoms with E-state index < -0.39 is 56.9 Å². The highest BCUT2D eigenvalue weighted by molar-refractivity contribution is 5.77. The van der Waals surface area contributed by atoms with E-state index in [9.17, 15) is 27.7 Å². The molecular formula is C16H9F4N5O2. The van der Waals surface area contributed by atoms with E-state index >= 15 is 0 Å². The van der Waals surface area contributed by atoms with Gasteiger partial charge in [0.05, 0.1) is 16.3 Å². The van der Waals surface area contributed by atoms with E-state index in [2.05, 4.69) is 20.6 Å². The Balaban J connectivity index is 2.04. The van der Waals surface area contributed by atoms with Gasteiger partial charge >= 0.3 is 5.69 Å². The predicted octanol–water partition coefficient (Wildman–Crippen LogP) is 4.43. The largest absolute Gasteiger partial charge is 0.353 e. The van der Waals surface area contributed by atoms with Gasteiger partial charge in [0.15, 0.2) is 0 Å². The summed E-state index contributed by atoms with van der Waals surface area (Å²) in [7, 11) is 0. The molecule has 7 nitrogen and oxygen atoms in total. The van der Waals surface area contributed by atoms with Crippen molar-refractivity contribution in [1.29, 1.82) is 0 Å². The second-order valence-electron chi connectivity index (χ2n) is 5.17. The first-order valence-electron chi connectivity index (χ1n) is 7.28. The molecule has 27 heavy (non-hydrogen) atoms. The summed E-state index contributed by atoms with van der Waals surface area (Å²) in [5.74, 6) is -4.27. The van der Waals surface area contributed by atoms with Crippen molar-refractivity contribution in [3.8, 4) is 0 Å². The van der Waals surface area contributed by atoms with Crippen molar-refractivity contribution in [2.24, 2.45) is 0 Å². The molecule has 0 atom stereocenters. The average molecular weight is 379 g/mol. The molecule has 0 unspecified atom stereocenters. The number of hydrogen-bond donors (Lipinski definition) is 2. The molecule has 0 spiro atoms. The van der Waals surface area contributed by atoms with Gasteiger partial charge in [-0.3, -0.25) is 10.1 Å². The highest BCUT2D eigenvalue weighted by Gasteiger charge is 2.25. The van der Waals surface area contributed by atoms with E-state index in [1.54, 1.807) is 0 Å². The van der Waals surface area contributed by atoms with Crippen LogP contribution in [0.3, 0.4) is 0 Å². The van der Waals surface area contributed by atoms with Crippen LogP contribution in [0.1, 0.15) is 0 Å². The van der Waals surface area contributed by atoms with Crippen molar-refractivity contribution in [2.75, 3.05) is 10.6 Å². The van der Waals surface area contributed by atoms with Gasteiger partial charge in [-0.05, 0) is 24.3 Å². The summed E-state index contributed by atoms with van der Waals surface area (Å²) < 4.78 is 54.2. The third-order valence-electron chi connectivity index (χ3n) is 3.37. The number of nitro groups is 1. The molecule has 0 saturated carbocycles. The second kappa shape index (κ2) is 7.23. The zero-order valence-electron chi connectivity index (χ0n) is 13.2. The Bertz CT molecular complexity index is 960. The maximum absolute atomic E-state index is 13.8. The molecule has 2 aromatic carbocycles. The molecule has 0 bridgehead atoms. The zero-order valence-corrected chi connectivity index (χ0v) is 13.2. The molecular weight excluding hydrogens is 370 g/mol. The van der Waals surface area contributed by atoms with Crippen LogP contribution >= 0.6 is 0 Å². The fraction of sp³-hybridized carbons (Fsp3) is 0. The zero-order chi connectivity index (χ0) is 19.6. The number of hydrogen-bond acceptors (Lipinski definition) is 6. The van der Waals surface area contributed by atoms with Crippen LogP contribution in [0.2, 0.25) is 0 Å². The molecule has 3 rings (SSSR count). The Morgan fingerprint density at radius 2 is 1.26 bits per heavy atom. The van der Waals surface area contributed by atoms with Gasteiger partial charge in [-0.2, -0.15) is 0 Å². The summed E-state index contributed by atoms with van der Waals surface area (Å²) in [6.45, 7) is 0. The lowest BCUT2D eigenvalue weighted by atomic mass is 10.2. The fourth-order valence-corrected chi connectivity index (χ4v) is 2.18. The number of benzene rings is 2. The van der Waals surface area contributed by atoms with Crippen molar-refractivity contribution in [2.45, 2.75) is 0 Å². The molecule has 138 valence electrons. The molecule has 0 fully saturated rings. The van der Waals surface area contributed by atoms with Crippen molar-refractivity contribution in [3.05, 3.63) is 76.1 Å². The standard InChI is InChI=1S/C16H9F4N5O2/c17-8-1-3-10(19)12(5-8)23-15-14(25(26)27)16(22-7-21-15)24-13-6-9(18)2-4-11(13)20/h1-7H,(H2,21,22,23,24). The quantitative estimate of drug-likeness (QED) is 0.387. The molecule has 0 aliphatic carbocycles. The normalized spacial score (nSPS) is 10.5. The Labute approximate surface area is 148 Å². The molecule has 0 saturated heterocycles. The van der Waals surface area contributed by atoms with Crippen molar-refractivity contribution in [3.63, 3.8) is 0 Å². The van der Waals surface area contributed by atoms with E-state index in [1.165, 1.54) is 0 Å². The number of anilines is 4. The van der Waals surface area contributed by atoms with Crippen LogP contribution in [-0.2, 0) is 0 Å². The Hall–Kier alpha value is -3.76. The summed E-state index contributed by atoms with van der Waals surface area (Å²) in [4.78, 5) is 17.8. The Kier molecular flexibility index (Phi) is 4.83. The lowest BCUT2D eigenvalue weighted by Gasteiger charge is -2.11. The molecule has 3 aromatic rings. The molecule has 0 aliphatic heterocycles. The monoisotopic (exact) mass is 379 g/mol. The van der Waals surface area contributed by atoms with Crippen molar-refractivity contribution in [1.82, 2.24) is 9.97 Å². The van der Waals surface area contributed by atoms with Gasteiger partial charge in [0.1, 0.15) is 29.6 Å². The summed E-state index contributed by atoms with van der Waals surface area (Å²) in [5, 5.41) is 16.0. The molecule has 0 radical (unpaired) electrons. The topological polar surface area (TPSA) is 93.0 Å². The minimum Gasteiger partial charge on any atom is -0.332 e. The van der Waals surface area contributed by atoms with Gasteiger partial charge in [-0.15, -0.1) is 0 Å². The number of rotatable bonds is 5. The minimum atomic E-state index is -0.904. The van der Waals surface area contributed by atoms with E-state index in [0.29, 0.717) is 0 Å². The minimum absolute atomic E-state index is 0.403. The number of halogens is 4.